The van der Waals surface area contributed by atoms with Crippen LogP contribution in [0.25, 0.3) is 0 Å². The lowest BCUT2D eigenvalue weighted by Crippen LogP contribution is -2.61. The van der Waals surface area contributed by atoms with E-state index in [4.69, 9.17) is 14.2 Å². The SMILES string of the molecule is CCCCC/C=C\C/C=C\C/C=C\C/C=C\CCCC(=O)OC1C(OCC(NC(=O)C(O)CCCCCCCCCCCCCCCCCC/C=C/CCCCCCCC)C(O)/C=C/CCCCCCCCCCCCC)OC(CO)C(O)C1O. The number of hydrogen-bond acceptors (Lipinski definition) is 10. The van der Waals surface area contributed by atoms with E-state index in [-0.39, 0.29) is 19.4 Å². The summed E-state index contributed by atoms with van der Waals surface area (Å²) in [5.41, 5.74) is 0. The zero-order chi connectivity index (χ0) is 61.7. The summed E-state index contributed by atoms with van der Waals surface area (Å²) in [5.74, 6) is -1.25. The summed E-state index contributed by atoms with van der Waals surface area (Å²) in [4.78, 5) is 26.6. The second-order valence-corrected chi connectivity index (χ2v) is 24.6. The molecule has 0 aromatic heterocycles. The average molecular weight is 1200 g/mol. The summed E-state index contributed by atoms with van der Waals surface area (Å²) < 4.78 is 17.6. The van der Waals surface area contributed by atoms with Crippen molar-refractivity contribution < 1.29 is 49.3 Å². The standard InChI is InChI=1S/C74H133NO10/c1-4-7-10-13-16-19-22-25-27-29-30-31-32-33-34-35-36-37-39-40-43-46-49-52-55-58-61-67(78)73(82)75-65(66(77)60-57-54-51-48-45-42-24-21-18-15-12-9-6-3)64-83-74-72(71(81)70(80)68(63-76)84-74)85-69(79)62-59-56-53-50-47-44-41-38-28-26-23-20-17-14-11-8-5-2/h17,20,25-28,41,44,50,53,57,60,65-68,70-72,74,76-78,80-81H,4-16,18-19,21-24,29-40,42-43,45-49,51-52,54-56,58-59,61-64H2,1-3H3,(H,75,82)/b20-17-,27-25+,28-26-,44-41-,53-50-,60-57+. The molecule has 494 valence electrons. The second-order valence-electron chi connectivity index (χ2n) is 24.6. The minimum Gasteiger partial charge on any atom is -0.454 e. The molecule has 1 aliphatic heterocycles. The number of hydrogen-bond donors (Lipinski definition) is 6. The van der Waals surface area contributed by atoms with Gasteiger partial charge in [0, 0.05) is 6.42 Å². The van der Waals surface area contributed by atoms with E-state index in [1.807, 2.05) is 12.2 Å². The molecular formula is C74H133NO10. The number of aliphatic hydroxyl groups excluding tert-OH is 5. The lowest BCUT2D eigenvalue weighted by molar-refractivity contribution is -0.305. The van der Waals surface area contributed by atoms with Crippen LogP contribution >= 0.6 is 0 Å². The first-order valence-corrected chi connectivity index (χ1v) is 35.7. The maximum absolute atomic E-state index is 13.5. The molecule has 11 heteroatoms. The highest BCUT2D eigenvalue weighted by Gasteiger charge is 2.47. The molecule has 0 saturated carbocycles. The number of carbonyl (C=O) groups excluding carboxylic acids is 2. The molecule has 0 radical (unpaired) electrons. The van der Waals surface area contributed by atoms with Crippen LogP contribution in [0.15, 0.2) is 72.9 Å². The third-order valence-electron chi connectivity index (χ3n) is 16.6. The van der Waals surface area contributed by atoms with Crippen molar-refractivity contribution in [1.82, 2.24) is 5.32 Å². The Morgan fingerprint density at radius 2 is 0.812 bits per heavy atom. The fourth-order valence-electron chi connectivity index (χ4n) is 10.9. The van der Waals surface area contributed by atoms with Crippen molar-refractivity contribution in [2.24, 2.45) is 0 Å². The first-order chi connectivity index (χ1) is 41.7. The number of amides is 1. The molecule has 1 amide bonds. The first kappa shape index (κ1) is 80.1. The van der Waals surface area contributed by atoms with E-state index in [1.165, 1.54) is 205 Å². The van der Waals surface area contributed by atoms with Gasteiger partial charge in [0.15, 0.2) is 12.4 Å². The van der Waals surface area contributed by atoms with Gasteiger partial charge in [-0.3, -0.25) is 9.59 Å². The minimum absolute atomic E-state index is 0.0469. The molecule has 1 saturated heterocycles. The topological polar surface area (TPSA) is 175 Å². The minimum atomic E-state index is -1.64. The van der Waals surface area contributed by atoms with Crippen molar-refractivity contribution in [2.75, 3.05) is 13.2 Å². The van der Waals surface area contributed by atoms with Gasteiger partial charge in [0.05, 0.1) is 25.4 Å². The van der Waals surface area contributed by atoms with Gasteiger partial charge in [-0.2, -0.15) is 0 Å². The van der Waals surface area contributed by atoms with E-state index < -0.39 is 67.4 Å². The molecule has 0 spiro atoms. The smallest absolute Gasteiger partial charge is 0.306 e. The molecule has 85 heavy (non-hydrogen) atoms. The maximum Gasteiger partial charge on any atom is 0.306 e. The molecule has 0 aromatic rings. The van der Waals surface area contributed by atoms with Crippen LogP contribution < -0.4 is 5.32 Å². The lowest BCUT2D eigenvalue weighted by Gasteiger charge is -2.41. The fraction of sp³-hybridized carbons (Fsp3) is 0.811. The molecule has 1 fully saturated rings. The van der Waals surface area contributed by atoms with E-state index in [1.54, 1.807) is 6.08 Å². The van der Waals surface area contributed by atoms with E-state index in [0.717, 1.165) is 64.2 Å². The summed E-state index contributed by atoms with van der Waals surface area (Å²) in [6, 6.07) is -1.04. The molecule has 1 rings (SSSR count). The van der Waals surface area contributed by atoms with Crippen molar-refractivity contribution >= 4 is 11.9 Å². The van der Waals surface area contributed by atoms with Crippen LogP contribution in [0.4, 0.5) is 0 Å². The number of ether oxygens (including phenoxy) is 3. The number of aliphatic hydroxyl groups is 5. The second kappa shape index (κ2) is 61.3. The van der Waals surface area contributed by atoms with Crippen molar-refractivity contribution in [3.8, 4) is 0 Å². The van der Waals surface area contributed by atoms with Gasteiger partial charge in [0.1, 0.15) is 24.4 Å². The zero-order valence-corrected chi connectivity index (χ0v) is 55.0. The van der Waals surface area contributed by atoms with E-state index in [9.17, 15) is 35.1 Å². The Morgan fingerprint density at radius 1 is 0.459 bits per heavy atom. The van der Waals surface area contributed by atoms with Crippen molar-refractivity contribution in [3.05, 3.63) is 72.9 Å². The third kappa shape index (κ3) is 48.7. The highest BCUT2D eigenvalue weighted by atomic mass is 16.7. The monoisotopic (exact) mass is 1200 g/mol. The Kier molecular flexibility index (Phi) is 57.8. The zero-order valence-electron chi connectivity index (χ0n) is 55.0. The Balaban J connectivity index is 2.59. The first-order valence-electron chi connectivity index (χ1n) is 35.7. The Morgan fingerprint density at radius 3 is 1.25 bits per heavy atom. The van der Waals surface area contributed by atoms with Crippen LogP contribution in [-0.4, -0.2) is 99.6 Å². The largest absolute Gasteiger partial charge is 0.454 e. The van der Waals surface area contributed by atoms with Gasteiger partial charge in [-0.25, -0.2) is 0 Å². The molecule has 0 aromatic carbocycles. The highest BCUT2D eigenvalue weighted by Crippen LogP contribution is 2.26. The molecule has 1 aliphatic rings. The number of unbranched alkanes of at least 4 members (excludes halogenated alkanes) is 37. The van der Waals surface area contributed by atoms with Gasteiger partial charge in [-0.1, -0.05) is 299 Å². The molecule has 0 bridgehead atoms. The normalized spacial score (nSPS) is 18.8. The molecule has 0 aliphatic carbocycles. The van der Waals surface area contributed by atoms with Crippen LogP contribution in [0, 0.1) is 0 Å². The molecular weight excluding hydrogens is 1060 g/mol. The number of rotatable bonds is 61. The van der Waals surface area contributed by atoms with E-state index in [2.05, 4.69) is 80.8 Å². The number of carbonyl (C=O) groups is 2. The molecule has 11 nitrogen and oxygen atoms in total. The van der Waals surface area contributed by atoms with Crippen LogP contribution in [0.3, 0.4) is 0 Å². The average Bonchev–Trinajstić information content (AvgIpc) is 3.16. The van der Waals surface area contributed by atoms with Gasteiger partial charge in [-0.15, -0.1) is 0 Å². The third-order valence-corrected chi connectivity index (χ3v) is 16.6. The van der Waals surface area contributed by atoms with Gasteiger partial charge in [-0.05, 0) is 89.9 Å². The summed E-state index contributed by atoms with van der Waals surface area (Å²) in [7, 11) is 0. The molecule has 8 unspecified atom stereocenters. The predicted octanol–water partition coefficient (Wildman–Crippen LogP) is 18.3. The summed E-state index contributed by atoms with van der Waals surface area (Å²) in [5, 5.41) is 57.2. The number of nitrogens with one attached hydrogen (secondary N) is 1. The Labute approximate surface area is 521 Å². The van der Waals surface area contributed by atoms with Crippen LogP contribution in [0.5, 0.6) is 0 Å². The van der Waals surface area contributed by atoms with Crippen molar-refractivity contribution in [3.63, 3.8) is 0 Å². The van der Waals surface area contributed by atoms with Crippen molar-refractivity contribution in [1.29, 1.82) is 0 Å². The summed E-state index contributed by atoms with van der Waals surface area (Å²) in [6.45, 7) is 5.76. The van der Waals surface area contributed by atoms with Gasteiger partial charge in [0.25, 0.3) is 0 Å². The molecule has 1 heterocycles. The van der Waals surface area contributed by atoms with Crippen LogP contribution in [-0.2, 0) is 23.8 Å². The molecule has 8 atom stereocenters. The maximum atomic E-state index is 13.5. The van der Waals surface area contributed by atoms with E-state index in [0.29, 0.717) is 19.3 Å². The fourth-order valence-corrected chi connectivity index (χ4v) is 10.9. The van der Waals surface area contributed by atoms with Gasteiger partial charge < -0.3 is 45.1 Å². The van der Waals surface area contributed by atoms with Crippen LogP contribution in [0.1, 0.15) is 323 Å². The number of esters is 1. The summed E-state index contributed by atoms with van der Waals surface area (Å²) in [6.07, 6.45) is 69.6. The van der Waals surface area contributed by atoms with Gasteiger partial charge in [0.2, 0.25) is 5.91 Å². The lowest BCUT2D eigenvalue weighted by atomic mass is 9.99. The summed E-state index contributed by atoms with van der Waals surface area (Å²) >= 11 is 0. The Hall–Kier alpha value is -2.90. The van der Waals surface area contributed by atoms with Crippen LogP contribution in [0.2, 0.25) is 0 Å². The van der Waals surface area contributed by atoms with Crippen molar-refractivity contribution in [2.45, 2.75) is 372 Å². The predicted molar refractivity (Wildman–Crippen MR) is 356 cm³/mol. The Bertz CT molecular complexity index is 1660. The highest BCUT2D eigenvalue weighted by molar-refractivity contribution is 5.80. The van der Waals surface area contributed by atoms with E-state index >= 15 is 0 Å². The number of allylic oxidation sites excluding steroid dienone is 11. The quantitative estimate of drug-likeness (QED) is 0.0195. The molecule has 6 N–H and O–H groups in total. The van der Waals surface area contributed by atoms with Gasteiger partial charge >= 0.3 is 5.97 Å².